The second-order valence-corrected chi connectivity index (χ2v) is 2.51. The molecule has 4 heteroatoms. The Hall–Kier alpha value is -1.71. The van der Waals surface area contributed by atoms with Gasteiger partial charge in [0, 0.05) is 0 Å². The second kappa shape index (κ2) is 3.13. The summed E-state index contributed by atoms with van der Waals surface area (Å²) in [6, 6.07) is 6.24. The molecule has 0 unspecified atom stereocenters. The predicted molar refractivity (Wildman–Crippen MR) is 43.6 cm³/mol. The van der Waals surface area contributed by atoms with E-state index in [0.717, 1.165) is 0 Å². The van der Waals surface area contributed by atoms with Crippen molar-refractivity contribution >= 4 is 17.3 Å². The van der Waals surface area contributed by atoms with Crippen LogP contribution in [0.25, 0.3) is 0 Å². The van der Waals surface area contributed by atoms with Gasteiger partial charge in [0.1, 0.15) is 12.1 Å². The molecule has 0 aliphatic rings. The highest BCUT2D eigenvalue weighted by molar-refractivity contribution is 6.33. The van der Waals surface area contributed by atoms with Gasteiger partial charge in [-0.05, 0) is 12.1 Å². The highest BCUT2D eigenvalue weighted by Crippen LogP contribution is 2.23. The first-order valence-electron chi connectivity index (χ1n) is 3.04. The molecule has 0 bridgehead atoms. The van der Waals surface area contributed by atoms with Gasteiger partial charge in [0.15, 0.2) is 0 Å². The number of hydrogen-bond acceptors (Lipinski definition) is 2. The maximum Gasteiger partial charge on any atom is 0.101 e. The van der Waals surface area contributed by atoms with Crippen LogP contribution in [0.15, 0.2) is 12.1 Å². The lowest BCUT2D eigenvalue weighted by molar-refractivity contribution is 1.40. The first-order chi connectivity index (χ1) is 5.69. The molecule has 0 fully saturated rings. The summed E-state index contributed by atoms with van der Waals surface area (Å²) in [7, 11) is 0. The third kappa shape index (κ3) is 1.32. The SMILES string of the molecule is N#Cc1cc([NH])c(Cl)cc1C#N. The highest BCUT2D eigenvalue weighted by Gasteiger charge is 2.05. The lowest BCUT2D eigenvalue weighted by Crippen LogP contribution is -1.84. The zero-order valence-electron chi connectivity index (χ0n) is 5.93. The van der Waals surface area contributed by atoms with E-state index in [1.807, 2.05) is 12.1 Å². The van der Waals surface area contributed by atoms with Crippen molar-refractivity contribution < 1.29 is 0 Å². The Morgan fingerprint density at radius 3 is 2.17 bits per heavy atom. The first kappa shape index (κ1) is 8.39. The minimum atomic E-state index is 0.0622. The van der Waals surface area contributed by atoms with E-state index in [4.69, 9.17) is 27.9 Å². The molecule has 0 heterocycles. The van der Waals surface area contributed by atoms with Gasteiger partial charge in [-0.25, -0.2) is 0 Å². The molecule has 0 spiro atoms. The van der Waals surface area contributed by atoms with Gasteiger partial charge in [-0.15, -0.1) is 0 Å². The second-order valence-electron chi connectivity index (χ2n) is 2.10. The van der Waals surface area contributed by atoms with Crippen LogP contribution in [0.3, 0.4) is 0 Å². The minimum Gasteiger partial charge on any atom is -0.299 e. The molecule has 57 valence electrons. The molecule has 0 saturated carbocycles. The third-order valence-corrected chi connectivity index (χ3v) is 1.66. The Kier molecular flexibility index (Phi) is 2.19. The zero-order valence-corrected chi connectivity index (χ0v) is 6.68. The summed E-state index contributed by atoms with van der Waals surface area (Å²) < 4.78 is 0. The van der Waals surface area contributed by atoms with Crippen molar-refractivity contribution in [3.8, 4) is 12.1 Å². The number of benzene rings is 1. The summed E-state index contributed by atoms with van der Waals surface area (Å²) in [5, 5.41) is 17.3. The van der Waals surface area contributed by atoms with Gasteiger partial charge in [-0.1, -0.05) is 11.6 Å². The lowest BCUT2D eigenvalue weighted by Gasteiger charge is -1.97. The molecule has 0 amide bonds. The number of nitrogens with zero attached hydrogens (tertiary/aromatic N) is 2. The number of nitrogens with one attached hydrogen (secondary N) is 1. The van der Waals surface area contributed by atoms with E-state index in [9.17, 15) is 0 Å². The molecular weight excluding hydrogens is 174 g/mol. The fourth-order valence-corrected chi connectivity index (χ4v) is 0.922. The molecule has 0 atom stereocenters. The van der Waals surface area contributed by atoms with Gasteiger partial charge in [0.2, 0.25) is 0 Å². The van der Waals surface area contributed by atoms with E-state index < -0.39 is 0 Å². The highest BCUT2D eigenvalue weighted by atomic mass is 35.5. The van der Waals surface area contributed by atoms with E-state index in [-0.39, 0.29) is 21.8 Å². The molecular formula is C8H3ClN3. The van der Waals surface area contributed by atoms with E-state index in [2.05, 4.69) is 0 Å². The van der Waals surface area contributed by atoms with E-state index in [1.165, 1.54) is 12.1 Å². The van der Waals surface area contributed by atoms with Crippen molar-refractivity contribution in [2.45, 2.75) is 0 Å². The quantitative estimate of drug-likeness (QED) is 0.607. The standard InChI is InChI=1S/C8H3ClN3/c9-7-1-5(3-10)6(4-11)2-8(7)12/h1-2,12H. The monoisotopic (exact) mass is 176 g/mol. The smallest absolute Gasteiger partial charge is 0.101 e. The van der Waals surface area contributed by atoms with Crippen LogP contribution in [-0.2, 0) is 0 Å². The molecule has 1 aromatic carbocycles. The van der Waals surface area contributed by atoms with Gasteiger partial charge in [-0.2, -0.15) is 10.5 Å². The lowest BCUT2D eigenvalue weighted by atomic mass is 10.1. The van der Waals surface area contributed by atoms with Crippen molar-refractivity contribution in [2.75, 3.05) is 0 Å². The van der Waals surface area contributed by atoms with Crippen molar-refractivity contribution in [2.24, 2.45) is 0 Å². The summed E-state index contributed by atoms with van der Waals surface area (Å²) >= 11 is 5.57. The number of hydrogen-bond donors (Lipinski definition) is 0. The average Bonchev–Trinajstić information content (AvgIpc) is 2.09. The van der Waals surface area contributed by atoms with Crippen molar-refractivity contribution in [1.29, 1.82) is 10.5 Å². The average molecular weight is 177 g/mol. The van der Waals surface area contributed by atoms with Gasteiger partial charge >= 0.3 is 0 Å². The molecule has 1 rings (SSSR count). The summed E-state index contributed by atoms with van der Waals surface area (Å²) in [6.07, 6.45) is 0. The summed E-state index contributed by atoms with van der Waals surface area (Å²) in [5.41, 5.74) is 7.70. The maximum atomic E-state index is 8.54. The Balaban J connectivity index is 3.44. The maximum absolute atomic E-state index is 8.54. The van der Waals surface area contributed by atoms with Gasteiger partial charge in [0.05, 0.1) is 21.8 Å². The largest absolute Gasteiger partial charge is 0.299 e. The normalized spacial score (nSPS) is 8.58. The Morgan fingerprint density at radius 2 is 1.67 bits per heavy atom. The topological polar surface area (TPSA) is 71.4 Å². The van der Waals surface area contributed by atoms with Crippen LogP contribution in [0.4, 0.5) is 5.69 Å². The zero-order chi connectivity index (χ0) is 9.14. The van der Waals surface area contributed by atoms with Crippen LogP contribution < -0.4 is 5.73 Å². The van der Waals surface area contributed by atoms with Gasteiger partial charge in [-0.3, -0.25) is 5.73 Å². The molecule has 3 nitrogen and oxygen atoms in total. The van der Waals surface area contributed by atoms with Crippen LogP contribution in [0.1, 0.15) is 11.1 Å². The van der Waals surface area contributed by atoms with E-state index >= 15 is 0 Å². The molecule has 1 N–H and O–H groups in total. The van der Waals surface area contributed by atoms with Crippen LogP contribution >= 0.6 is 11.6 Å². The van der Waals surface area contributed by atoms with Gasteiger partial charge in [0.25, 0.3) is 0 Å². The van der Waals surface area contributed by atoms with Crippen molar-refractivity contribution in [3.63, 3.8) is 0 Å². The fraction of sp³-hybridized carbons (Fsp3) is 0. The summed E-state index contributed by atoms with van der Waals surface area (Å²) in [6.45, 7) is 0. The summed E-state index contributed by atoms with van der Waals surface area (Å²) in [4.78, 5) is 0. The molecule has 0 saturated heterocycles. The van der Waals surface area contributed by atoms with Crippen LogP contribution in [-0.4, -0.2) is 0 Å². The molecule has 1 radical (unpaired) electrons. The van der Waals surface area contributed by atoms with E-state index in [0.29, 0.717) is 0 Å². The van der Waals surface area contributed by atoms with Crippen LogP contribution in [0.5, 0.6) is 0 Å². The Labute approximate surface area is 74.6 Å². The molecule has 1 aromatic rings. The van der Waals surface area contributed by atoms with E-state index in [1.54, 1.807) is 0 Å². The van der Waals surface area contributed by atoms with Crippen molar-refractivity contribution in [1.82, 2.24) is 5.73 Å². The van der Waals surface area contributed by atoms with Gasteiger partial charge < -0.3 is 0 Å². The molecule has 12 heavy (non-hydrogen) atoms. The molecule has 0 aliphatic carbocycles. The van der Waals surface area contributed by atoms with Crippen LogP contribution in [0, 0.1) is 22.7 Å². The first-order valence-corrected chi connectivity index (χ1v) is 3.42. The minimum absolute atomic E-state index is 0.0622. The third-order valence-electron chi connectivity index (χ3n) is 1.35. The van der Waals surface area contributed by atoms with Crippen LogP contribution in [0.2, 0.25) is 5.02 Å². The predicted octanol–water partition coefficient (Wildman–Crippen LogP) is 2.00. The number of halogens is 1. The number of nitriles is 2. The summed E-state index contributed by atoms with van der Waals surface area (Å²) in [5.74, 6) is 0. The number of rotatable bonds is 0. The molecule has 0 aliphatic heterocycles. The molecule has 0 aromatic heterocycles. The Morgan fingerprint density at radius 1 is 1.17 bits per heavy atom. The fourth-order valence-electron chi connectivity index (χ4n) is 0.758. The van der Waals surface area contributed by atoms with Crippen molar-refractivity contribution in [3.05, 3.63) is 28.3 Å². The Bertz CT molecular complexity index is 359.